The summed E-state index contributed by atoms with van der Waals surface area (Å²) in [6, 6.07) is 7.46. The zero-order valence-corrected chi connectivity index (χ0v) is 15.8. The van der Waals surface area contributed by atoms with E-state index in [1.165, 1.54) is 23.1 Å². The molecule has 0 aliphatic carbocycles. The number of carbonyl (C=O) groups is 2. The van der Waals surface area contributed by atoms with Gasteiger partial charge in [-0.1, -0.05) is 23.5 Å². The smallest absolute Gasteiger partial charge is 0.315 e. The summed E-state index contributed by atoms with van der Waals surface area (Å²) in [5.74, 6) is 0.249. The van der Waals surface area contributed by atoms with Crippen molar-refractivity contribution in [1.82, 2.24) is 10.2 Å². The molecule has 0 saturated carbocycles. The van der Waals surface area contributed by atoms with Gasteiger partial charge in [-0.3, -0.25) is 14.9 Å². The molecular weight excluding hydrogens is 362 g/mol. The summed E-state index contributed by atoms with van der Waals surface area (Å²) in [4.78, 5) is 23.5. The average molecular weight is 381 g/mol. The molecule has 0 spiro atoms. The predicted octanol–water partition coefficient (Wildman–Crippen LogP) is 2.84. The van der Waals surface area contributed by atoms with E-state index in [-0.39, 0.29) is 17.6 Å². The summed E-state index contributed by atoms with van der Waals surface area (Å²) in [5.41, 5.74) is 0.813. The molecule has 7 nitrogen and oxygen atoms in total. The van der Waals surface area contributed by atoms with Gasteiger partial charge >= 0.3 is 5.97 Å². The molecule has 0 saturated heterocycles. The molecule has 0 aliphatic heterocycles. The topological polar surface area (TPSA) is 90.4 Å². The maximum absolute atomic E-state index is 12.2. The first-order valence-corrected chi connectivity index (χ1v) is 9.46. The standard InChI is InChI=1S/C16H19N3O4S2/c1-4-23-13(20)9-24-10(2)14(21)17-16-19-18-15(25-16)11-7-5-6-8-12(11)22-3/h5-8,10H,4,9H2,1-3H3,(H,17,19,21). The van der Waals surface area contributed by atoms with Gasteiger partial charge in [0.05, 0.1) is 30.3 Å². The molecule has 1 aromatic heterocycles. The number of thioether (sulfide) groups is 1. The maximum atomic E-state index is 12.2. The highest BCUT2D eigenvalue weighted by Gasteiger charge is 2.18. The Balaban J connectivity index is 1.96. The number of hydrogen-bond donors (Lipinski definition) is 1. The molecule has 1 N–H and O–H groups in total. The second-order valence-electron chi connectivity index (χ2n) is 4.86. The second kappa shape index (κ2) is 9.38. The summed E-state index contributed by atoms with van der Waals surface area (Å²) in [5, 5.41) is 11.4. The normalized spacial score (nSPS) is 11.6. The fraction of sp³-hybridized carbons (Fsp3) is 0.375. The first-order valence-electron chi connectivity index (χ1n) is 7.60. The van der Waals surface area contributed by atoms with Crippen molar-refractivity contribution in [3.05, 3.63) is 24.3 Å². The molecule has 1 aromatic carbocycles. The second-order valence-corrected chi connectivity index (χ2v) is 7.17. The van der Waals surface area contributed by atoms with Crippen molar-refractivity contribution in [3.8, 4) is 16.3 Å². The number of methoxy groups -OCH3 is 1. The van der Waals surface area contributed by atoms with Gasteiger partial charge in [0.1, 0.15) is 5.75 Å². The molecule has 9 heteroatoms. The summed E-state index contributed by atoms with van der Waals surface area (Å²) >= 11 is 2.47. The van der Waals surface area contributed by atoms with Crippen LogP contribution in [0.2, 0.25) is 0 Å². The maximum Gasteiger partial charge on any atom is 0.315 e. The van der Waals surface area contributed by atoms with Crippen molar-refractivity contribution in [2.24, 2.45) is 0 Å². The number of amides is 1. The number of esters is 1. The van der Waals surface area contributed by atoms with Crippen LogP contribution in [0.1, 0.15) is 13.8 Å². The average Bonchev–Trinajstić information content (AvgIpc) is 3.08. The van der Waals surface area contributed by atoms with Gasteiger partial charge in [0.15, 0.2) is 5.01 Å². The van der Waals surface area contributed by atoms with Crippen LogP contribution in [-0.2, 0) is 14.3 Å². The fourth-order valence-electron chi connectivity index (χ4n) is 1.88. The van der Waals surface area contributed by atoms with Gasteiger partial charge in [-0.25, -0.2) is 0 Å². The highest BCUT2D eigenvalue weighted by atomic mass is 32.2. The van der Waals surface area contributed by atoms with E-state index in [4.69, 9.17) is 9.47 Å². The Morgan fingerprint density at radius 1 is 1.32 bits per heavy atom. The Bertz CT molecular complexity index is 736. The Hall–Kier alpha value is -2.13. The number of nitrogens with zero attached hydrogens (tertiary/aromatic N) is 2. The van der Waals surface area contributed by atoms with Gasteiger partial charge in [0.2, 0.25) is 11.0 Å². The molecule has 25 heavy (non-hydrogen) atoms. The van der Waals surface area contributed by atoms with Crippen molar-refractivity contribution in [2.75, 3.05) is 24.8 Å². The molecule has 0 fully saturated rings. The minimum atomic E-state index is -0.414. The van der Waals surface area contributed by atoms with Gasteiger partial charge in [0.25, 0.3) is 0 Å². The summed E-state index contributed by atoms with van der Waals surface area (Å²) < 4.78 is 10.1. The molecule has 1 atom stereocenters. The van der Waals surface area contributed by atoms with Gasteiger partial charge in [-0.05, 0) is 26.0 Å². The van der Waals surface area contributed by atoms with E-state index in [2.05, 4.69) is 15.5 Å². The van der Waals surface area contributed by atoms with Crippen LogP contribution < -0.4 is 10.1 Å². The monoisotopic (exact) mass is 381 g/mol. The van der Waals surface area contributed by atoms with Crippen LogP contribution in [0.4, 0.5) is 5.13 Å². The zero-order chi connectivity index (χ0) is 18.2. The van der Waals surface area contributed by atoms with E-state index < -0.39 is 5.25 Å². The van der Waals surface area contributed by atoms with E-state index in [9.17, 15) is 9.59 Å². The Morgan fingerprint density at radius 2 is 2.08 bits per heavy atom. The van der Waals surface area contributed by atoms with Crippen molar-refractivity contribution in [1.29, 1.82) is 0 Å². The lowest BCUT2D eigenvalue weighted by Gasteiger charge is -2.09. The lowest BCUT2D eigenvalue weighted by molar-refractivity contribution is -0.139. The van der Waals surface area contributed by atoms with E-state index in [1.807, 2.05) is 24.3 Å². The van der Waals surface area contributed by atoms with Crippen LogP contribution in [0.5, 0.6) is 5.75 Å². The lowest BCUT2D eigenvalue weighted by Crippen LogP contribution is -2.24. The molecule has 2 aromatic rings. The Morgan fingerprint density at radius 3 is 2.80 bits per heavy atom. The minimum Gasteiger partial charge on any atom is -0.496 e. The molecule has 0 bridgehead atoms. The SMILES string of the molecule is CCOC(=O)CSC(C)C(=O)Nc1nnc(-c2ccccc2OC)s1. The highest BCUT2D eigenvalue weighted by molar-refractivity contribution is 8.01. The number of para-hydroxylation sites is 1. The molecule has 1 amide bonds. The summed E-state index contributed by atoms with van der Waals surface area (Å²) in [6.45, 7) is 3.80. The van der Waals surface area contributed by atoms with Crippen LogP contribution in [0.25, 0.3) is 10.6 Å². The number of nitrogens with one attached hydrogen (secondary N) is 1. The number of benzene rings is 1. The molecule has 0 aliphatic rings. The van der Waals surface area contributed by atoms with Crippen LogP contribution in [0.15, 0.2) is 24.3 Å². The number of carbonyl (C=O) groups excluding carboxylic acids is 2. The van der Waals surface area contributed by atoms with Gasteiger partial charge in [0, 0.05) is 0 Å². The number of aromatic nitrogens is 2. The third-order valence-corrected chi connectivity index (χ3v) is 5.11. The molecular formula is C16H19N3O4S2. The molecule has 134 valence electrons. The first kappa shape index (κ1) is 19.2. The van der Waals surface area contributed by atoms with Crippen molar-refractivity contribution in [3.63, 3.8) is 0 Å². The van der Waals surface area contributed by atoms with Crippen LogP contribution in [-0.4, -0.2) is 46.8 Å². The number of ether oxygens (including phenoxy) is 2. The van der Waals surface area contributed by atoms with Crippen LogP contribution in [0.3, 0.4) is 0 Å². The van der Waals surface area contributed by atoms with Crippen molar-refractivity contribution in [2.45, 2.75) is 19.1 Å². The Kier molecular flexibility index (Phi) is 7.20. The number of anilines is 1. The van der Waals surface area contributed by atoms with Crippen LogP contribution in [0, 0.1) is 0 Å². The largest absolute Gasteiger partial charge is 0.496 e. The predicted molar refractivity (Wildman–Crippen MR) is 99.1 cm³/mol. The number of hydrogen-bond acceptors (Lipinski definition) is 8. The van der Waals surface area contributed by atoms with Gasteiger partial charge in [-0.15, -0.1) is 22.0 Å². The number of rotatable bonds is 8. The molecule has 1 heterocycles. The fourth-order valence-corrected chi connectivity index (χ4v) is 3.34. The molecule has 1 unspecified atom stereocenters. The summed E-state index contributed by atoms with van der Waals surface area (Å²) in [6.07, 6.45) is 0. The van der Waals surface area contributed by atoms with Crippen molar-refractivity contribution < 1.29 is 19.1 Å². The van der Waals surface area contributed by atoms with E-state index in [0.29, 0.717) is 22.5 Å². The zero-order valence-electron chi connectivity index (χ0n) is 14.1. The van der Waals surface area contributed by atoms with E-state index in [0.717, 1.165) is 5.56 Å². The minimum absolute atomic E-state index is 0.130. The molecule has 2 rings (SSSR count). The lowest BCUT2D eigenvalue weighted by atomic mass is 10.2. The van der Waals surface area contributed by atoms with Gasteiger partial charge < -0.3 is 9.47 Å². The first-order chi connectivity index (χ1) is 12.0. The van der Waals surface area contributed by atoms with Gasteiger partial charge in [-0.2, -0.15) is 0 Å². The van der Waals surface area contributed by atoms with Crippen molar-refractivity contribution >= 4 is 40.1 Å². The third-order valence-electron chi connectivity index (χ3n) is 3.12. The molecule has 0 radical (unpaired) electrons. The van der Waals surface area contributed by atoms with E-state index >= 15 is 0 Å². The Labute approximate surface area is 154 Å². The van der Waals surface area contributed by atoms with Crippen LogP contribution >= 0.6 is 23.1 Å². The van der Waals surface area contributed by atoms with E-state index in [1.54, 1.807) is 21.0 Å². The highest BCUT2D eigenvalue weighted by Crippen LogP contribution is 2.33. The quantitative estimate of drug-likeness (QED) is 0.703. The summed E-state index contributed by atoms with van der Waals surface area (Å²) in [7, 11) is 1.59. The third kappa shape index (κ3) is 5.43.